The Morgan fingerprint density at radius 1 is 0.684 bits per heavy atom. The van der Waals surface area contributed by atoms with E-state index in [0.29, 0.717) is 0 Å². The van der Waals surface area contributed by atoms with Crippen LogP contribution in [0.5, 0.6) is 0 Å². The van der Waals surface area contributed by atoms with Gasteiger partial charge < -0.3 is 32.5 Å². The fourth-order valence-corrected chi connectivity index (χ4v) is 11.1. The summed E-state index contributed by atoms with van der Waals surface area (Å²) in [5.74, 6) is -5.20. The largest absolute Gasteiger partial charge is 0.466 e. The zero-order chi connectivity index (χ0) is 29.8. The number of hydrogen-bond acceptors (Lipinski definition) is 16. The van der Waals surface area contributed by atoms with Crippen LogP contribution in [0, 0.1) is 0 Å². The lowest BCUT2D eigenvalue weighted by Gasteiger charge is -2.21. The Morgan fingerprint density at radius 3 is 1.34 bits per heavy atom. The second-order valence-electron chi connectivity index (χ2n) is 6.34. The van der Waals surface area contributed by atoms with E-state index in [4.69, 9.17) is 44.3 Å². The van der Waals surface area contributed by atoms with Crippen LogP contribution in [0.25, 0.3) is 0 Å². The van der Waals surface area contributed by atoms with Crippen LogP contribution in [0.1, 0.15) is 40.5 Å². The zero-order valence-electron chi connectivity index (χ0n) is 22.8. The first kappa shape index (κ1) is 39.8. The fourth-order valence-electron chi connectivity index (χ4n) is 2.17. The molecular weight excluding hydrogens is 622 g/mol. The highest BCUT2D eigenvalue weighted by Crippen LogP contribution is 2.70. The predicted octanol–water partition coefficient (Wildman–Crippen LogP) is 4.84. The maximum Gasteiger partial charge on any atom is 0.320 e. The Bertz CT molecular complexity index is 748. The molecule has 0 bridgehead atoms. The Labute approximate surface area is 241 Å². The summed E-state index contributed by atoms with van der Waals surface area (Å²) in [6.07, 6.45) is 1.30. The molecule has 3 atom stereocenters. The van der Waals surface area contributed by atoms with Gasteiger partial charge in [0.2, 0.25) is 5.69 Å². The van der Waals surface area contributed by atoms with Crippen molar-refractivity contribution >= 4 is 81.3 Å². The van der Waals surface area contributed by atoms with Crippen LogP contribution in [0.15, 0.2) is 0 Å². The monoisotopic (exact) mass is 660 g/mol. The second kappa shape index (κ2) is 22.4. The molecule has 0 rings (SSSR count). The van der Waals surface area contributed by atoms with Gasteiger partial charge in [-0.3, -0.25) is 23.7 Å². The van der Waals surface area contributed by atoms with Gasteiger partial charge in [0.05, 0.1) is 39.3 Å². The molecule has 3 unspecified atom stereocenters. The summed E-state index contributed by atoms with van der Waals surface area (Å²) in [6, 6.07) is 0. The van der Waals surface area contributed by atoms with Crippen LogP contribution in [0.4, 0.5) is 0 Å². The number of hydrogen-bond donors (Lipinski definition) is 0. The Kier molecular flexibility index (Phi) is 23.5. The van der Waals surface area contributed by atoms with Gasteiger partial charge in [0.15, 0.2) is 0 Å². The van der Waals surface area contributed by atoms with Crippen molar-refractivity contribution < 1.29 is 56.3 Å². The van der Waals surface area contributed by atoms with Crippen LogP contribution in [0.3, 0.4) is 0 Å². The fraction of sp³-hybridized carbons (Fsp3) is 0.800. The molecule has 0 heterocycles. The lowest BCUT2D eigenvalue weighted by atomic mass is 10.3. The van der Waals surface area contributed by atoms with Gasteiger partial charge in [0.1, 0.15) is 10.5 Å². The normalized spacial score (nSPS) is 14.1. The molecule has 0 aliphatic carbocycles. The van der Waals surface area contributed by atoms with Gasteiger partial charge in [0, 0.05) is 21.3 Å². The number of rotatable bonds is 18. The first-order chi connectivity index (χ1) is 17.8. The predicted molar refractivity (Wildman–Crippen MR) is 155 cm³/mol. The van der Waals surface area contributed by atoms with Gasteiger partial charge in [-0.25, -0.2) is 0 Å². The molecule has 0 aliphatic rings. The molecule has 224 valence electrons. The van der Waals surface area contributed by atoms with Crippen molar-refractivity contribution in [3.8, 4) is 0 Å². The minimum Gasteiger partial charge on any atom is -0.466 e. The van der Waals surface area contributed by atoms with E-state index in [2.05, 4.69) is 0 Å². The van der Waals surface area contributed by atoms with Gasteiger partial charge in [-0.2, -0.15) is 0 Å². The molecule has 0 aliphatic heterocycles. The first-order valence-corrected chi connectivity index (χ1v) is 20.3. The summed E-state index contributed by atoms with van der Waals surface area (Å²) in [4.78, 5) is 46.5. The Morgan fingerprint density at radius 2 is 1.05 bits per heavy atom. The highest BCUT2D eigenvalue weighted by Gasteiger charge is 2.34. The Hall–Kier alpha value is -0.310. The van der Waals surface area contributed by atoms with Gasteiger partial charge >= 0.3 is 29.6 Å². The minimum absolute atomic E-state index is 0.123. The number of esters is 4. The van der Waals surface area contributed by atoms with E-state index in [1.54, 1.807) is 34.0 Å². The number of ether oxygens (including phenoxy) is 4. The van der Waals surface area contributed by atoms with Crippen molar-refractivity contribution in [1.82, 2.24) is 0 Å². The maximum atomic E-state index is 12.2. The highest BCUT2D eigenvalue weighted by molar-refractivity contribution is 8.89. The molecule has 38 heavy (non-hydrogen) atoms. The van der Waals surface area contributed by atoms with E-state index >= 15 is 0 Å². The van der Waals surface area contributed by atoms with Crippen molar-refractivity contribution in [3.05, 3.63) is 0 Å². The van der Waals surface area contributed by atoms with Crippen LogP contribution in [0.2, 0.25) is 0 Å². The molecule has 0 N–H and O–H groups in total. The van der Waals surface area contributed by atoms with Crippen molar-refractivity contribution in [2.24, 2.45) is 0 Å². The molecule has 0 aromatic rings. The van der Waals surface area contributed by atoms with Gasteiger partial charge in [0.25, 0.3) is 0 Å². The average molecular weight is 661 g/mol. The minimum atomic E-state index is -3.07. The summed E-state index contributed by atoms with van der Waals surface area (Å²) < 4.78 is 46.6. The molecule has 0 saturated heterocycles. The SMILES string of the molecule is CCOC(=O)CC(SP(=O)(OC)SC)C(=O)OCC.CCOC(=O)CC(SP(=S)(OC)OC)C(=O)OCC. The van der Waals surface area contributed by atoms with Crippen LogP contribution in [-0.2, 0) is 68.1 Å². The molecule has 0 aromatic carbocycles. The average Bonchev–Trinajstić information content (AvgIpc) is 2.88. The third-order valence-electron chi connectivity index (χ3n) is 3.82. The van der Waals surface area contributed by atoms with E-state index < -0.39 is 45.8 Å². The molecule has 0 amide bonds. The van der Waals surface area contributed by atoms with Crippen LogP contribution < -0.4 is 0 Å². The molecule has 0 radical (unpaired) electrons. The summed E-state index contributed by atoms with van der Waals surface area (Å²) in [7, 11) is 4.12. The van der Waals surface area contributed by atoms with Crippen molar-refractivity contribution in [2.75, 3.05) is 54.0 Å². The smallest absolute Gasteiger partial charge is 0.320 e. The molecule has 12 nitrogen and oxygen atoms in total. The molecule has 0 saturated carbocycles. The first-order valence-electron chi connectivity index (χ1n) is 11.3. The van der Waals surface area contributed by atoms with Crippen molar-refractivity contribution in [2.45, 2.75) is 51.0 Å². The second-order valence-corrected chi connectivity index (χ2v) is 20.7. The van der Waals surface area contributed by atoms with E-state index in [9.17, 15) is 23.7 Å². The van der Waals surface area contributed by atoms with E-state index in [0.717, 1.165) is 34.1 Å². The van der Waals surface area contributed by atoms with Gasteiger partial charge in [-0.1, -0.05) is 22.8 Å². The van der Waals surface area contributed by atoms with Gasteiger partial charge in [-0.15, -0.1) is 0 Å². The highest BCUT2D eigenvalue weighted by atomic mass is 33.1. The molecule has 18 heteroatoms. The van der Waals surface area contributed by atoms with Crippen molar-refractivity contribution in [3.63, 3.8) is 0 Å². The van der Waals surface area contributed by atoms with Gasteiger partial charge in [-0.05, 0) is 57.1 Å². The quantitative estimate of drug-likeness (QED) is 0.112. The summed E-state index contributed by atoms with van der Waals surface area (Å²) in [5.41, 5.74) is -2.65. The third-order valence-corrected chi connectivity index (χ3v) is 17.3. The maximum absolute atomic E-state index is 12.2. The molecule has 0 spiro atoms. The third kappa shape index (κ3) is 17.4. The standard InChI is InChI=1S/2C10H19O6PS2/c1-5-15-9(11)7-8(10(12)16-6-2)19-17(13,14-3)18-4;1-5-15-9(11)7-8(10(12)16-6-2)19-17(18,13-3)14-4/h2*8H,5-7H2,1-4H3. The lowest BCUT2D eigenvalue weighted by molar-refractivity contribution is -0.149. The van der Waals surface area contributed by atoms with Crippen LogP contribution in [-0.4, -0.2) is 88.4 Å². The van der Waals surface area contributed by atoms with E-state index in [-0.39, 0.29) is 39.3 Å². The van der Waals surface area contributed by atoms with E-state index in [1.165, 1.54) is 21.3 Å². The summed E-state index contributed by atoms with van der Waals surface area (Å²) in [5, 5.41) is -1.68. The molecular formula is C20H38O12P2S4. The Balaban J connectivity index is 0. The number of carbonyl (C=O) groups excluding carboxylic acids is 4. The molecule has 0 fully saturated rings. The summed E-state index contributed by atoms with van der Waals surface area (Å²) >= 11 is 8.00. The van der Waals surface area contributed by atoms with Crippen molar-refractivity contribution in [1.29, 1.82) is 0 Å². The topological polar surface area (TPSA) is 150 Å². The van der Waals surface area contributed by atoms with Crippen LogP contribution >= 0.6 is 45.6 Å². The number of carbonyl (C=O) groups is 4. The zero-order valence-corrected chi connectivity index (χ0v) is 27.9. The lowest BCUT2D eigenvalue weighted by Crippen LogP contribution is -2.24. The molecule has 0 aromatic heterocycles. The van der Waals surface area contributed by atoms with E-state index in [1.807, 2.05) is 0 Å². The summed E-state index contributed by atoms with van der Waals surface area (Å²) in [6.45, 7) is 7.61.